The third-order valence-electron chi connectivity index (χ3n) is 12.3. The second kappa shape index (κ2) is 14.7. The molecule has 2 unspecified atom stereocenters. The molecule has 0 aromatic heterocycles. The van der Waals surface area contributed by atoms with Gasteiger partial charge in [0, 0.05) is 43.4 Å². The van der Waals surface area contributed by atoms with Crippen molar-refractivity contribution in [2.75, 3.05) is 13.2 Å². The highest BCUT2D eigenvalue weighted by molar-refractivity contribution is 6.39. The van der Waals surface area contributed by atoms with Crippen LogP contribution < -0.4 is 19.9 Å². The zero-order chi connectivity index (χ0) is 36.8. The number of fused-ring (bicyclic) bond motifs is 4. The van der Waals surface area contributed by atoms with Crippen molar-refractivity contribution in [1.82, 2.24) is 0 Å². The Hall–Kier alpha value is -4.96. The molecule has 4 heteroatoms. The maximum absolute atomic E-state index is 14.2. The third kappa shape index (κ3) is 5.63. The minimum Gasteiger partial charge on any atom is -0.493 e. The van der Waals surface area contributed by atoms with E-state index in [4.69, 9.17) is 9.47 Å². The van der Waals surface area contributed by atoms with Crippen molar-refractivity contribution >= 4 is 65.8 Å². The van der Waals surface area contributed by atoms with Crippen molar-refractivity contribution in [3.63, 3.8) is 0 Å². The summed E-state index contributed by atoms with van der Waals surface area (Å²) < 4.78 is 13.9. The van der Waals surface area contributed by atoms with Gasteiger partial charge in [-0.3, -0.25) is 9.59 Å². The quantitative estimate of drug-likeness (QED) is 0.0580. The summed E-state index contributed by atoms with van der Waals surface area (Å²) in [5.74, 6) is 1.32. The summed E-state index contributed by atoms with van der Waals surface area (Å²) in [6.07, 6.45) is 30.5. The van der Waals surface area contributed by atoms with Gasteiger partial charge in [0.05, 0.1) is 25.0 Å². The molecule has 2 atom stereocenters. The van der Waals surface area contributed by atoms with Crippen molar-refractivity contribution in [1.29, 1.82) is 0 Å². The van der Waals surface area contributed by atoms with Crippen LogP contribution in [-0.4, -0.2) is 24.8 Å². The van der Waals surface area contributed by atoms with Crippen LogP contribution in [0.2, 0.25) is 0 Å². The summed E-state index contributed by atoms with van der Waals surface area (Å²) in [4.78, 5) is 28.5. The van der Waals surface area contributed by atoms with Crippen LogP contribution >= 0.6 is 0 Å². The molecule has 54 heavy (non-hydrogen) atoms. The summed E-state index contributed by atoms with van der Waals surface area (Å²) in [5.41, 5.74) is 3.59. The van der Waals surface area contributed by atoms with Gasteiger partial charge in [0.25, 0.3) is 0 Å². The van der Waals surface area contributed by atoms with Gasteiger partial charge in [-0.15, -0.1) is 0 Å². The van der Waals surface area contributed by atoms with Crippen LogP contribution in [0.15, 0.2) is 85.0 Å². The van der Waals surface area contributed by atoms with E-state index in [1.165, 1.54) is 51.4 Å². The maximum Gasteiger partial charge on any atom is 0.174 e. The molecule has 5 aromatic rings. The fourth-order valence-corrected chi connectivity index (χ4v) is 9.64. The second-order valence-electron chi connectivity index (χ2n) is 15.7. The lowest BCUT2D eigenvalue weighted by Gasteiger charge is -2.28. The van der Waals surface area contributed by atoms with E-state index < -0.39 is 0 Å². The fraction of sp³-hybridized carbons (Fsp3) is 0.360. The summed E-state index contributed by atoms with van der Waals surface area (Å²) in [6, 6.07) is 12.8. The highest BCUT2D eigenvalue weighted by Crippen LogP contribution is 2.49. The van der Waals surface area contributed by atoms with E-state index in [1.807, 2.05) is 48.6 Å². The average Bonchev–Trinajstić information content (AvgIpc) is 3.21. The van der Waals surface area contributed by atoms with Crippen LogP contribution in [-0.2, 0) is 0 Å². The molecule has 274 valence electrons. The lowest BCUT2D eigenvalue weighted by Crippen LogP contribution is -2.28. The number of carbonyl (C=O) groups is 2. The lowest BCUT2D eigenvalue weighted by atomic mass is 9.75. The van der Waals surface area contributed by atoms with Gasteiger partial charge in [0.2, 0.25) is 0 Å². The first-order chi connectivity index (χ1) is 26.6. The Bertz CT molecular complexity index is 2400. The molecule has 0 fully saturated rings. The smallest absolute Gasteiger partial charge is 0.174 e. The minimum absolute atomic E-state index is 0.136. The summed E-state index contributed by atoms with van der Waals surface area (Å²) >= 11 is 0. The Kier molecular flexibility index (Phi) is 9.47. The van der Waals surface area contributed by atoms with E-state index in [2.05, 4.69) is 50.3 Å². The van der Waals surface area contributed by atoms with E-state index in [1.54, 1.807) is 0 Å². The Morgan fingerprint density at radius 3 is 1.35 bits per heavy atom. The zero-order valence-corrected chi connectivity index (χ0v) is 31.8. The monoisotopic (exact) mass is 714 g/mol. The number of carbonyl (C=O) groups excluding carboxylic acids is 2. The Morgan fingerprint density at radius 1 is 0.481 bits per heavy atom. The molecular formula is C50H50O4. The molecule has 0 aliphatic heterocycles. The van der Waals surface area contributed by atoms with E-state index >= 15 is 0 Å². The number of ketones is 2. The van der Waals surface area contributed by atoms with Crippen molar-refractivity contribution < 1.29 is 19.1 Å². The summed E-state index contributed by atoms with van der Waals surface area (Å²) in [7, 11) is 0. The van der Waals surface area contributed by atoms with Gasteiger partial charge in [-0.25, -0.2) is 0 Å². The van der Waals surface area contributed by atoms with E-state index in [9.17, 15) is 9.59 Å². The molecule has 0 radical (unpaired) electrons. The van der Waals surface area contributed by atoms with Gasteiger partial charge in [-0.05, 0) is 57.3 Å². The first-order valence-electron chi connectivity index (χ1n) is 20.7. The topological polar surface area (TPSA) is 52.6 Å². The van der Waals surface area contributed by atoms with Crippen LogP contribution in [0.5, 0.6) is 11.5 Å². The number of ether oxygens (including phenoxy) is 2. The first-order valence-corrected chi connectivity index (χ1v) is 20.7. The second-order valence-corrected chi connectivity index (χ2v) is 15.7. The summed E-state index contributed by atoms with van der Waals surface area (Å²) in [5, 5.41) is 10.4. The molecule has 4 nitrogen and oxygen atoms in total. The largest absolute Gasteiger partial charge is 0.493 e. The molecule has 4 aliphatic carbocycles. The van der Waals surface area contributed by atoms with E-state index in [0.717, 1.165) is 113 Å². The van der Waals surface area contributed by atoms with Gasteiger partial charge >= 0.3 is 0 Å². The molecule has 5 aromatic carbocycles. The predicted octanol–water partition coefficient (Wildman–Crippen LogP) is 11.4. The molecule has 0 bridgehead atoms. The Morgan fingerprint density at radius 2 is 0.907 bits per heavy atom. The maximum atomic E-state index is 14.2. The average molecular weight is 715 g/mol. The molecule has 0 saturated carbocycles. The minimum atomic E-state index is -0.305. The fourth-order valence-electron chi connectivity index (χ4n) is 9.64. The predicted molar refractivity (Wildman–Crippen MR) is 224 cm³/mol. The number of Topliss-reactive ketones (excluding diaryl/α,β-unsaturated/α-hetero) is 2. The van der Waals surface area contributed by atoms with Crippen molar-refractivity contribution in [3.8, 4) is 11.5 Å². The van der Waals surface area contributed by atoms with Crippen molar-refractivity contribution in [2.45, 2.75) is 90.9 Å². The SMILES string of the molecule is CCCCCCCCOc1cc2c3c(ccc4c5ccc6c7c(cc(OCCCCCCCC)c(c1c34)c75)=C1C=CC=CC1C6=O)C(=O)C1C=CC=CC=21. The molecule has 0 spiro atoms. The molecule has 0 amide bonds. The Balaban J connectivity index is 1.33. The normalized spacial score (nSPS) is 18.2. The van der Waals surface area contributed by atoms with Crippen LogP contribution in [0.4, 0.5) is 0 Å². The third-order valence-corrected chi connectivity index (χ3v) is 12.3. The van der Waals surface area contributed by atoms with Crippen LogP contribution in [0, 0.1) is 11.8 Å². The molecule has 4 aliphatic rings. The number of rotatable bonds is 16. The van der Waals surface area contributed by atoms with E-state index in [-0.39, 0.29) is 23.4 Å². The van der Waals surface area contributed by atoms with Crippen molar-refractivity contribution in [2.24, 2.45) is 11.8 Å². The van der Waals surface area contributed by atoms with Crippen LogP contribution in [0.25, 0.3) is 54.2 Å². The van der Waals surface area contributed by atoms with Gasteiger partial charge in [-0.2, -0.15) is 0 Å². The van der Waals surface area contributed by atoms with E-state index in [0.29, 0.717) is 13.2 Å². The number of unbranched alkanes of at least 4 members (excludes halogenated alkanes) is 10. The molecule has 9 rings (SSSR count). The molecular weight excluding hydrogens is 665 g/mol. The molecule has 0 saturated heterocycles. The van der Waals surface area contributed by atoms with Gasteiger partial charge in [-0.1, -0.05) is 151 Å². The van der Waals surface area contributed by atoms with Crippen LogP contribution in [0.3, 0.4) is 0 Å². The lowest BCUT2D eigenvalue weighted by molar-refractivity contribution is 0.0961. The zero-order valence-electron chi connectivity index (χ0n) is 31.8. The standard InChI is InChI=1S/C50H50O4/c1-3-5-7-9-11-17-27-53-41-29-39-31-19-13-15-21-35(31)49(51)37-25-23-33-34-24-26-38-44-40(32-20-14-16-22-36(32)50(38)52)30-42(54-28-18-12-10-8-6-4-2)48(46(34)44)47(41)45(33)43(37)39/h13-16,19-26,29-30,35-36H,3-12,17-18,27-28H2,1-2H3. The number of allylic oxidation sites excluding steroid dienone is 8. The highest BCUT2D eigenvalue weighted by Gasteiger charge is 2.35. The number of hydrogen-bond acceptors (Lipinski definition) is 4. The van der Waals surface area contributed by atoms with Crippen LogP contribution in [0.1, 0.15) is 112 Å². The number of hydrogen-bond donors (Lipinski definition) is 0. The van der Waals surface area contributed by atoms with Gasteiger partial charge < -0.3 is 9.47 Å². The highest BCUT2D eigenvalue weighted by atomic mass is 16.5. The molecule has 0 N–H and O–H groups in total. The number of benzene rings is 5. The van der Waals surface area contributed by atoms with Crippen molar-refractivity contribution in [3.05, 3.63) is 107 Å². The first kappa shape index (κ1) is 34.8. The Labute approximate surface area is 317 Å². The summed E-state index contributed by atoms with van der Waals surface area (Å²) in [6.45, 7) is 5.74. The van der Waals surface area contributed by atoms with Gasteiger partial charge in [0.15, 0.2) is 11.6 Å². The van der Waals surface area contributed by atoms with Gasteiger partial charge in [0.1, 0.15) is 11.5 Å². The molecule has 0 heterocycles.